The summed E-state index contributed by atoms with van der Waals surface area (Å²) < 4.78 is 5.10. The van der Waals surface area contributed by atoms with Gasteiger partial charge in [-0.3, -0.25) is 0 Å². The molecule has 0 aromatic carbocycles. The van der Waals surface area contributed by atoms with Gasteiger partial charge in [-0.1, -0.05) is 23.7 Å². The monoisotopic (exact) mass is 293 g/mol. The van der Waals surface area contributed by atoms with Crippen LogP contribution in [-0.4, -0.2) is 41.3 Å². The average Bonchev–Trinajstić information content (AvgIpc) is 2.97. The molecule has 3 rings (SSSR count). The van der Waals surface area contributed by atoms with Crippen molar-refractivity contribution in [3.05, 3.63) is 23.2 Å². The van der Waals surface area contributed by atoms with Crippen LogP contribution in [0.15, 0.2) is 16.8 Å². The van der Waals surface area contributed by atoms with Crippen molar-refractivity contribution in [3.63, 3.8) is 0 Å². The normalized spacial score (nSPS) is 15.6. The number of pyridine rings is 1. The third-order valence-electron chi connectivity index (χ3n) is 3.27. The summed E-state index contributed by atoms with van der Waals surface area (Å²) in [5.41, 5.74) is 0.775. The Morgan fingerprint density at radius 3 is 2.85 bits per heavy atom. The summed E-state index contributed by atoms with van der Waals surface area (Å²) in [7, 11) is 0. The van der Waals surface area contributed by atoms with Gasteiger partial charge in [0.2, 0.25) is 11.7 Å². The summed E-state index contributed by atoms with van der Waals surface area (Å²) in [4.78, 5) is 10.9. The zero-order valence-corrected chi connectivity index (χ0v) is 12.0. The maximum Gasteiger partial charge on any atom is 0.226 e. The number of nitrogens with zero attached hydrogens (tertiary/aromatic N) is 4. The zero-order chi connectivity index (χ0) is 13.9. The third kappa shape index (κ3) is 2.62. The van der Waals surface area contributed by atoms with Gasteiger partial charge in [0.15, 0.2) is 0 Å². The molecule has 0 spiro atoms. The second kappa shape index (κ2) is 5.76. The SMILES string of the molecule is CCc1nc(-c2cnc(N3CCNCC3)c(Cl)c2)no1. The van der Waals surface area contributed by atoms with Crippen molar-refractivity contribution in [2.45, 2.75) is 13.3 Å². The van der Waals surface area contributed by atoms with Gasteiger partial charge in [0.1, 0.15) is 5.82 Å². The molecular formula is C13H16ClN5O. The molecule has 7 heteroatoms. The van der Waals surface area contributed by atoms with Crippen molar-refractivity contribution in [3.8, 4) is 11.4 Å². The molecule has 2 aromatic rings. The highest BCUT2D eigenvalue weighted by Crippen LogP contribution is 2.27. The van der Waals surface area contributed by atoms with Crippen LogP contribution in [0, 0.1) is 0 Å². The van der Waals surface area contributed by atoms with Crippen LogP contribution in [0.4, 0.5) is 5.82 Å². The van der Waals surface area contributed by atoms with E-state index in [0.29, 0.717) is 23.2 Å². The topological polar surface area (TPSA) is 67.1 Å². The molecule has 1 N–H and O–H groups in total. The predicted octanol–water partition coefficient (Wildman–Crippen LogP) is 1.76. The maximum absolute atomic E-state index is 6.34. The van der Waals surface area contributed by atoms with Gasteiger partial charge in [0, 0.05) is 44.4 Å². The van der Waals surface area contributed by atoms with E-state index < -0.39 is 0 Å². The second-order valence-corrected chi connectivity index (χ2v) is 5.04. The highest BCUT2D eigenvalue weighted by atomic mass is 35.5. The van der Waals surface area contributed by atoms with Crippen LogP contribution >= 0.6 is 11.6 Å². The Labute approximate surface area is 122 Å². The molecule has 0 aliphatic carbocycles. The molecular weight excluding hydrogens is 278 g/mol. The molecule has 1 aliphatic heterocycles. The Morgan fingerprint density at radius 1 is 1.40 bits per heavy atom. The van der Waals surface area contributed by atoms with Crippen molar-refractivity contribution in [2.75, 3.05) is 31.1 Å². The minimum atomic E-state index is 0.531. The summed E-state index contributed by atoms with van der Waals surface area (Å²) >= 11 is 6.34. The summed E-state index contributed by atoms with van der Waals surface area (Å²) in [6.07, 6.45) is 2.46. The lowest BCUT2D eigenvalue weighted by molar-refractivity contribution is 0.383. The molecule has 1 saturated heterocycles. The summed E-state index contributed by atoms with van der Waals surface area (Å²) in [6, 6.07) is 1.84. The Bertz CT molecular complexity index is 594. The van der Waals surface area contributed by atoms with Crippen molar-refractivity contribution in [1.29, 1.82) is 0 Å². The Balaban J connectivity index is 1.86. The lowest BCUT2D eigenvalue weighted by Gasteiger charge is -2.29. The van der Waals surface area contributed by atoms with E-state index in [4.69, 9.17) is 16.1 Å². The van der Waals surface area contributed by atoms with E-state index in [2.05, 4.69) is 25.3 Å². The van der Waals surface area contributed by atoms with Crippen molar-refractivity contribution in [2.24, 2.45) is 0 Å². The molecule has 0 radical (unpaired) electrons. The fourth-order valence-electron chi connectivity index (χ4n) is 2.18. The Hall–Kier alpha value is -1.66. The van der Waals surface area contributed by atoms with Gasteiger partial charge >= 0.3 is 0 Å². The van der Waals surface area contributed by atoms with Gasteiger partial charge in [-0.2, -0.15) is 4.98 Å². The first-order chi connectivity index (χ1) is 9.78. The van der Waals surface area contributed by atoms with E-state index in [-0.39, 0.29) is 0 Å². The Kier molecular flexibility index (Phi) is 3.84. The van der Waals surface area contributed by atoms with Crippen LogP contribution in [0.5, 0.6) is 0 Å². The zero-order valence-electron chi connectivity index (χ0n) is 11.3. The summed E-state index contributed by atoms with van der Waals surface area (Å²) in [6.45, 7) is 5.69. The van der Waals surface area contributed by atoms with E-state index in [0.717, 1.165) is 37.6 Å². The summed E-state index contributed by atoms with van der Waals surface area (Å²) in [5, 5.41) is 7.86. The lowest BCUT2D eigenvalue weighted by atomic mass is 10.2. The van der Waals surface area contributed by atoms with Crippen molar-refractivity contribution >= 4 is 17.4 Å². The number of aromatic nitrogens is 3. The molecule has 3 heterocycles. The van der Waals surface area contributed by atoms with Gasteiger partial charge in [0.05, 0.1) is 5.02 Å². The van der Waals surface area contributed by atoms with Crippen LogP contribution in [0.1, 0.15) is 12.8 Å². The summed E-state index contributed by atoms with van der Waals surface area (Å²) in [5.74, 6) is 1.96. The van der Waals surface area contributed by atoms with E-state index in [1.165, 1.54) is 0 Å². The highest BCUT2D eigenvalue weighted by Gasteiger charge is 2.16. The number of piperazine rings is 1. The van der Waals surface area contributed by atoms with E-state index in [1.807, 2.05) is 13.0 Å². The molecule has 0 unspecified atom stereocenters. The predicted molar refractivity (Wildman–Crippen MR) is 77.0 cm³/mol. The van der Waals surface area contributed by atoms with Crippen LogP contribution in [-0.2, 0) is 6.42 Å². The smallest absolute Gasteiger partial charge is 0.226 e. The average molecular weight is 294 g/mol. The molecule has 106 valence electrons. The number of rotatable bonds is 3. The molecule has 1 aliphatic rings. The molecule has 6 nitrogen and oxygen atoms in total. The number of anilines is 1. The number of halogens is 1. The minimum Gasteiger partial charge on any atom is -0.353 e. The van der Waals surface area contributed by atoms with Gasteiger partial charge < -0.3 is 14.7 Å². The molecule has 2 aromatic heterocycles. The third-order valence-corrected chi connectivity index (χ3v) is 3.55. The number of hydrogen-bond donors (Lipinski definition) is 1. The van der Waals surface area contributed by atoms with Gasteiger partial charge in [-0.25, -0.2) is 4.98 Å². The van der Waals surface area contributed by atoms with E-state index >= 15 is 0 Å². The molecule has 0 bridgehead atoms. The van der Waals surface area contributed by atoms with Gasteiger partial charge in [0.25, 0.3) is 0 Å². The molecule has 0 saturated carbocycles. The Morgan fingerprint density at radius 2 is 2.20 bits per heavy atom. The molecule has 1 fully saturated rings. The molecule has 20 heavy (non-hydrogen) atoms. The van der Waals surface area contributed by atoms with Gasteiger partial charge in [-0.15, -0.1) is 0 Å². The standard InChI is InChI=1S/C13H16ClN5O/c1-2-11-17-12(18-20-11)9-7-10(14)13(16-8-9)19-5-3-15-4-6-19/h7-8,15H,2-6H2,1H3. The number of hydrogen-bond acceptors (Lipinski definition) is 6. The maximum atomic E-state index is 6.34. The molecule has 0 amide bonds. The lowest BCUT2D eigenvalue weighted by Crippen LogP contribution is -2.44. The van der Waals surface area contributed by atoms with E-state index in [9.17, 15) is 0 Å². The quantitative estimate of drug-likeness (QED) is 0.930. The number of aryl methyl sites for hydroxylation is 1. The van der Waals surface area contributed by atoms with Crippen molar-refractivity contribution in [1.82, 2.24) is 20.4 Å². The van der Waals surface area contributed by atoms with Crippen LogP contribution in [0.3, 0.4) is 0 Å². The second-order valence-electron chi connectivity index (χ2n) is 4.63. The van der Waals surface area contributed by atoms with Crippen LogP contribution in [0.2, 0.25) is 5.02 Å². The first-order valence-corrected chi connectivity index (χ1v) is 7.10. The van der Waals surface area contributed by atoms with Crippen molar-refractivity contribution < 1.29 is 4.52 Å². The fraction of sp³-hybridized carbons (Fsp3) is 0.462. The van der Waals surface area contributed by atoms with E-state index in [1.54, 1.807) is 6.20 Å². The largest absolute Gasteiger partial charge is 0.353 e. The highest BCUT2D eigenvalue weighted by molar-refractivity contribution is 6.33. The first-order valence-electron chi connectivity index (χ1n) is 6.72. The molecule has 0 atom stereocenters. The number of nitrogens with one attached hydrogen (secondary N) is 1. The van der Waals surface area contributed by atoms with Gasteiger partial charge in [-0.05, 0) is 6.07 Å². The minimum absolute atomic E-state index is 0.531. The fourth-order valence-corrected chi connectivity index (χ4v) is 2.46. The van der Waals surface area contributed by atoms with Crippen LogP contribution < -0.4 is 10.2 Å². The first kappa shape index (κ1) is 13.3. The van der Waals surface area contributed by atoms with Crippen LogP contribution in [0.25, 0.3) is 11.4 Å².